The molecular weight excluding hydrogens is 416 g/mol. The SMILES string of the molecule is Cc1ccc(S(=O)(=O)N2CCCC2C(=O)Nc2ccc(C)cc2Br)cc1. The smallest absolute Gasteiger partial charge is 0.243 e. The van der Waals surface area contributed by atoms with Crippen molar-refractivity contribution in [2.45, 2.75) is 37.6 Å². The molecule has 0 bridgehead atoms. The van der Waals surface area contributed by atoms with Crippen LogP contribution in [0.25, 0.3) is 0 Å². The first-order chi connectivity index (χ1) is 12.3. The lowest BCUT2D eigenvalue weighted by Gasteiger charge is -2.23. The summed E-state index contributed by atoms with van der Waals surface area (Å²) >= 11 is 3.44. The number of nitrogens with one attached hydrogen (secondary N) is 1. The van der Waals surface area contributed by atoms with Crippen LogP contribution >= 0.6 is 15.9 Å². The number of amides is 1. The summed E-state index contributed by atoms with van der Waals surface area (Å²) in [5.41, 5.74) is 2.70. The molecule has 0 aromatic heterocycles. The number of hydrogen-bond donors (Lipinski definition) is 1. The summed E-state index contributed by atoms with van der Waals surface area (Å²) in [5, 5.41) is 2.85. The molecule has 0 radical (unpaired) electrons. The van der Waals surface area contributed by atoms with Gasteiger partial charge in [0.25, 0.3) is 0 Å². The van der Waals surface area contributed by atoms with Gasteiger partial charge in [0.05, 0.1) is 10.6 Å². The molecule has 0 spiro atoms. The van der Waals surface area contributed by atoms with Crippen LogP contribution in [0.1, 0.15) is 24.0 Å². The third-order valence-electron chi connectivity index (χ3n) is 4.52. The van der Waals surface area contributed by atoms with Gasteiger partial charge in [0.1, 0.15) is 6.04 Å². The lowest BCUT2D eigenvalue weighted by atomic mass is 10.2. The van der Waals surface area contributed by atoms with Crippen molar-refractivity contribution in [3.63, 3.8) is 0 Å². The standard InChI is InChI=1S/C19H21BrN2O3S/c1-13-5-8-15(9-6-13)26(24,25)22-11-3-4-18(22)19(23)21-17-10-7-14(2)12-16(17)20/h5-10,12,18H,3-4,11H2,1-2H3,(H,21,23). The number of sulfonamides is 1. The summed E-state index contributed by atoms with van der Waals surface area (Å²) in [4.78, 5) is 13.0. The molecule has 7 heteroatoms. The fraction of sp³-hybridized carbons (Fsp3) is 0.316. The van der Waals surface area contributed by atoms with E-state index in [1.807, 2.05) is 32.0 Å². The molecule has 1 amide bonds. The number of rotatable bonds is 4. The number of anilines is 1. The minimum Gasteiger partial charge on any atom is -0.324 e. The third kappa shape index (κ3) is 3.84. The van der Waals surface area contributed by atoms with Gasteiger partial charge in [-0.3, -0.25) is 4.79 Å². The molecule has 1 aliphatic rings. The lowest BCUT2D eigenvalue weighted by Crippen LogP contribution is -2.43. The van der Waals surface area contributed by atoms with Gasteiger partial charge >= 0.3 is 0 Å². The Morgan fingerprint density at radius 3 is 2.42 bits per heavy atom. The molecule has 1 aliphatic heterocycles. The maximum Gasteiger partial charge on any atom is 0.243 e. The molecule has 1 N–H and O–H groups in total. The maximum absolute atomic E-state index is 13.0. The van der Waals surface area contributed by atoms with Crippen molar-refractivity contribution in [2.75, 3.05) is 11.9 Å². The Morgan fingerprint density at radius 1 is 1.12 bits per heavy atom. The van der Waals surface area contributed by atoms with Gasteiger partial charge in [-0.15, -0.1) is 0 Å². The van der Waals surface area contributed by atoms with Gasteiger partial charge in [0.2, 0.25) is 15.9 Å². The zero-order valence-electron chi connectivity index (χ0n) is 14.7. The van der Waals surface area contributed by atoms with E-state index in [-0.39, 0.29) is 10.8 Å². The van der Waals surface area contributed by atoms with E-state index in [0.717, 1.165) is 15.6 Å². The van der Waals surface area contributed by atoms with Crippen LogP contribution in [-0.2, 0) is 14.8 Å². The van der Waals surface area contributed by atoms with Crippen LogP contribution in [0.15, 0.2) is 51.8 Å². The quantitative estimate of drug-likeness (QED) is 0.790. The fourth-order valence-electron chi connectivity index (χ4n) is 3.07. The number of halogens is 1. The fourth-order valence-corrected chi connectivity index (χ4v) is 5.32. The first-order valence-electron chi connectivity index (χ1n) is 8.44. The Balaban J connectivity index is 1.83. The van der Waals surface area contributed by atoms with E-state index in [9.17, 15) is 13.2 Å². The largest absolute Gasteiger partial charge is 0.324 e. The highest BCUT2D eigenvalue weighted by atomic mass is 79.9. The number of hydrogen-bond acceptors (Lipinski definition) is 3. The second kappa shape index (κ2) is 7.50. The van der Waals surface area contributed by atoms with E-state index in [0.29, 0.717) is 25.1 Å². The van der Waals surface area contributed by atoms with E-state index in [2.05, 4.69) is 21.2 Å². The molecule has 0 aliphatic carbocycles. The van der Waals surface area contributed by atoms with E-state index >= 15 is 0 Å². The second-order valence-corrected chi connectivity index (χ2v) is 9.30. The van der Waals surface area contributed by atoms with Gasteiger partial charge in [-0.1, -0.05) is 23.8 Å². The monoisotopic (exact) mass is 436 g/mol. The minimum absolute atomic E-state index is 0.222. The van der Waals surface area contributed by atoms with Crippen molar-refractivity contribution in [1.29, 1.82) is 0 Å². The zero-order valence-corrected chi connectivity index (χ0v) is 17.1. The Bertz CT molecular complexity index is 926. The maximum atomic E-state index is 13.0. The van der Waals surface area contributed by atoms with E-state index in [4.69, 9.17) is 0 Å². The Hall–Kier alpha value is -1.70. The van der Waals surface area contributed by atoms with Crippen LogP contribution in [0.3, 0.4) is 0 Å². The van der Waals surface area contributed by atoms with E-state index < -0.39 is 16.1 Å². The van der Waals surface area contributed by atoms with Gasteiger partial charge < -0.3 is 5.32 Å². The van der Waals surface area contributed by atoms with Crippen molar-refractivity contribution in [2.24, 2.45) is 0 Å². The Morgan fingerprint density at radius 2 is 1.77 bits per heavy atom. The van der Waals surface area contributed by atoms with Crippen LogP contribution in [-0.4, -0.2) is 31.2 Å². The minimum atomic E-state index is -3.70. The number of aryl methyl sites for hydroxylation is 2. The highest BCUT2D eigenvalue weighted by molar-refractivity contribution is 9.10. The van der Waals surface area contributed by atoms with E-state index in [1.165, 1.54) is 4.31 Å². The van der Waals surface area contributed by atoms with E-state index in [1.54, 1.807) is 24.3 Å². The predicted octanol–water partition coefficient (Wildman–Crippen LogP) is 3.86. The predicted molar refractivity (Wildman–Crippen MR) is 106 cm³/mol. The molecule has 1 fully saturated rings. The van der Waals surface area contributed by atoms with Crippen molar-refractivity contribution in [3.8, 4) is 0 Å². The van der Waals surface area contributed by atoms with Gasteiger partial charge in [0, 0.05) is 11.0 Å². The van der Waals surface area contributed by atoms with Crippen molar-refractivity contribution < 1.29 is 13.2 Å². The van der Waals surface area contributed by atoms with Crippen molar-refractivity contribution >= 4 is 37.5 Å². The summed E-state index contributed by atoms with van der Waals surface area (Å²) in [7, 11) is -3.70. The van der Waals surface area contributed by atoms with Gasteiger partial charge in [-0.25, -0.2) is 8.42 Å². The third-order valence-corrected chi connectivity index (χ3v) is 7.09. The number of carbonyl (C=O) groups is 1. The molecule has 2 aromatic rings. The average molecular weight is 437 g/mol. The molecule has 2 aromatic carbocycles. The normalized spacial score (nSPS) is 18.0. The number of nitrogens with zero attached hydrogens (tertiary/aromatic N) is 1. The number of benzene rings is 2. The second-order valence-electron chi connectivity index (χ2n) is 6.56. The summed E-state index contributed by atoms with van der Waals surface area (Å²) in [6.07, 6.45) is 1.18. The average Bonchev–Trinajstić information content (AvgIpc) is 3.08. The van der Waals surface area contributed by atoms with Crippen LogP contribution in [0.2, 0.25) is 0 Å². The van der Waals surface area contributed by atoms with Crippen molar-refractivity contribution in [1.82, 2.24) is 4.31 Å². The highest BCUT2D eigenvalue weighted by Gasteiger charge is 2.39. The molecular formula is C19H21BrN2O3S. The van der Waals surface area contributed by atoms with Gasteiger partial charge in [0.15, 0.2) is 0 Å². The van der Waals surface area contributed by atoms with Gasteiger partial charge in [-0.05, 0) is 72.4 Å². The molecule has 1 unspecified atom stereocenters. The van der Waals surface area contributed by atoms with Crippen LogP contribution in [0, 0.1) is 13.8 Å². The van der Waals surface area contributed by atoms with Crippen molar-refractivity contribution in [3.05, 3.63) is 58.1 Å². The summed E-state index contributed by atoms with van der Waals surface area (Å²) in [5.74, 6) is -0.303. The molecule has 3 rings (SSSR count). The summed E-state index contributed by atoms with van der Waals surface area (Å²) < 4.78 is 28.0. The first-order valence-corrected chi connectivity index (χ1v) is 10.7. The summed E-state index contributed by atoms with van der Waals surface area (Å²) in [6, 6.07) is 11.6. The molecule has 5 nitrogen and oxygen atoms in total. The van der Waals surface area contributed by atoms with Crippen LogP contribution in [0.5, 0.6) is 0 Å². The van der Waals surface area contributed by atoms with Crippen LogP contribution in [0.4, 0.5) is 5.69 Å². The Labute approximate surface area is 162 Å². The molecule has 1 heterocycles. The molecule has 0 saturated carbocycles. The number of carbonyl (C=O) groups excluding carboxylic acids is 1. The Kier molecular flexibility index (Phi) is 5.50. The first kappa shape index (κ1) is 19.1. The van der Waals surface area contributed by atoms with Crippen LogP contribution < -0.4 is 5.32 Å². The topological polar surface area (TPSA) is 66.5 Å². The molecule has 138 valence electrons. The lowest BCUT2D eigenvalue weighted by molar-refractivity contribution is -0.119. The molecule has 1 atom stereocenters. The highest BCUT2D eigenvalue weighted by Crippen LogP contribution is 2.29. The molecule has 26 heavy (non-hydrogen) atoms. The zero-order chi connectivity index (χ0) is 18.9. The molecule has 1 saturated heterocycles. The van der Waals surface area contributed by atoms with Gasteiger partial charge in [-0.2, -0.15) is 4.31 Å². The summed E-state index contributed by atoms with van der Waals surface area (Å²) in [6.45, 7) is 4.22.